The third-order valence-corrected chi connectivity index (χ3v) is 4.15. The van der Waals surface area contributed by atoms with Crippen LogP contribution in [0.3, 0.4) is 0 Å². The number of amides is 1. The molecule has 102 valence electrons. The SMILES string of the molecule is Cc1cc(C(=O)N2CCOC3CCCC32)ccc1F. The highest BCUT2D eigenvalue weighted by Crippen LogP contribution is 2.30. The summed E-state index contributed by atoms with van der Waals surface area (Å²) in [6, 6.07) is 4.78. The lowest BCUT2D eigenvalue weighted by molar-refractivity contribution is -0.0445. The molecular formula is C15H18FNO2. The van der Waals surface area contributed by atoms with E-state index in [1.165, 1.54) is 6.07 Å². The van der Waals surface area contributed by atoms with Gasteiger partial charge in [-0.25, -0.2) is 4.39 Å². The number of ether oxygens (including phenoxy) is 1. The Kier molecular flexibility index (Phi) is 3.27. The molecular weight excluding hydrogens is 245 g/mol. The second-order valence-electron chi connectivity index (χ2n) is 5.37. The molecule has 1 aromatic rings. The van der Waals surface area contributed by atoms with Gasteiger partial charge < -0.3 is 9.64 Å². The van der Waals surface area contributed by atoms with Gasteiger partial charge in [0.25, 0.3) is 5.91 Å². The van der Waals surface area contributed by atoms with Crippen LogP contribution in [0.5, 0.6) is 0 Å². The number of halogens is 1. The Morgan fingerprint density at radius 1 is 1.42 bits per heavy atom. The Morgan fingerprint density at radius 2 is 2.26 bits per heavy atom. The van der Waals surface area contributed by atoms with E-state index in [1.807, 2.05) is 4.90 Å². The maximum absolute atomic E-state index is 13.3. The molecule has 0 spiro atoms. The molecule has 0 aromatic heterocycles. The maximum Gasteiger partial charge on any atom is 0.254 e. The topological polar surface area (TPSA) is 29.5 Å². The fourth-order valence-corrected chi connectivity index (χ4v) is 3.12. The van der Waals surface area contributed by atoms with Crippen molar-refractivity contribution in [2.75, 3.05) is 13.2 Å². The van der Waals surface area contributed by atoms with Gasteiger partial charge in [-0.2, -0.15) is 0 Å². The lowest BCUT2D eigenvalue weighted by atomic mass is 10.1. The molecule has 1 saturated heterocycles. The summed E-state index contributed by atoms with van der Waals surface area (Å²) in [6.45, 7) is 2.92. The minimum absolute atomic E-state index is 0.00306. The molecule has 1 aliphatic carbocycles. The van der Waals surface area contributed by atoms with Crippen LogP contribution in [0.15, 0.2) is 18.2 Å². The molecule has 1 amide bonds. The van der Waals surface area contributed by atoms with Crippen LogP contribution in [0, 0.1) is 12.7 Å². The zero-order valence-electron chi connectivity index (χ0n) is 11.1. The molecule has 2 unspecified atom stereocenters. The van der Waals surface area contributed by atoms with Crippen molar-refractivity contribution in [3.8, 4) is 0 Å². The predicted octanol–water partition coefficient (Wildman–Crippen LogP) is 2.53. The number of morpholine rings is 1. The van der Waals surface area contributed by atoms with Crippen molar-refractivity contribution < 1.29 is 13.9 Å². The first kappa shape index (κ1) is 12.6. The molecule has 2 fully saturated rings. The van der Waals surface area contributed by atoms with Gasteiger partial charge in [0, 0.05) is 12.1 Å². The van der Waals surface area contributed by atoms with E-state index in [-0.39, 0.29) is 23.9 Å². The summed E-state index contributed by atoms with van der Waals surface area (Å²) in [5.74, 6) is -0.263. The van der Waals surface area contributed by atoms with E-state index >= 15 is 0 Å². The van der Waals surface area contributed by atoms with E-state index in [0.717, 1.165) is 19.3 Å². The number of aryl methyl sites for hydroxylation is 1. The van der Waals surface area contributed by atoms with Crippen LogP contribution >= 0.6 is 0 Å². The fourth-order valence-electron chi connectivity index (χ4n) is 3.12. The molecule has 19 heavy (non-hydrogen) atoms. The summed E-state index contributed by atoms with van der Waals surface area (Å²) >= 11 is 0. The van der Waals surface area contributed by atoms with Gasteiger partial charge in [0.1, 0.15) is 5.82 Å². The highest BCUT2D eigenvalue weighted by atomic mass is 19.1. The van der Waals surface area contributed by atoms with Crippen molar-refractivity contribution in [1.82, 2.24) is 4.90 Å². The number of fused-ring (bicyclic) bond motifs is 1. The van der Waals surface area contributed by atoms with Gasteiger partial charge in [-0.05, 0) is 49.9 Å². The minimum atomic E-state index is -0.266. The number of nitrogens with zero attached hydrogens (tertiary/aromatic N) is 1. The molecule has 3 rings (SSSR count). The van der Waals surface area contributed by atoms with Crippen LogP contribution in [0.2, 0.25) is 0 Å². The van der Waals surface area contributed by atoms with Crippen molar-refractivity contribution in [3.05, 3.63) is 35.1 Å². The van der Waals surface area contributed by atoms with Crippen LogP contribution < -0.4 is 0 Å². The van der Waals surface area contributed by atoms with E-state index < -0.39 is 0 Å². The van der Waals surface area contributed by atoms with Crippen LogP contribution in [0.25, 0.3) is 0 Å². The molecule has 0 N–H and O–H groups in total. The van der Waals surface area contributed by atoms with Crippen molar-refractivity contribution in [3.63, 3.8) is 0 Å². The zero-order valence-corrected chi connectivity index (χ0v) is 11.1. The number of hydrogen-bond acceptors (Lipinski definition) is 2. The van der Waals surface area contributed by atoms with Gasteiger partial charge in [-0.3, -0.25) is 4.79 Å². The normalized spacial score (nSPS) is 26.3. The Hall–Kier alpha value is -1.42. The minimum Gasteiger partial charge on any atom is -0.374 e. The molecule has 1 aromatic carbocycles. The number of hydrogen-bond donors (Lipinski definition) is 0. The second kappa shape index (κ2) is 4.93. The quantitative estimate of drug-likeness (QED) is 0.779. The van der Waals surface area contributed by atoms with Crippen molar-refractivity contribution in [1.29, 1.82) is 0 Å². The van der Waals surface area contributed by atoms with Crippen LogP contribution in [0.4, 0.5) is 4.39 Å². The summed E-state index contributed by atoms with van der Waals surface area (Å²) < 4.78 is 19.0. The van der Waals surface area contributed by atoms with E-state index in [1.54, 1.807) is 19.1 Å². The van der Waals surface area contributed by atoms with Gasteiger partial charge in [-0.15, -0.1) is 0 Å². The van der Waals surface area contributed by atoms with E-state index in [4.69, 9.17) is 4.74 Å². The third kappa shape index (κ3) is 2.25. The van der Waals surface area contributed by atoms with Gasteiger partial charge in [0.05, 0.1) is 18.8 Å². The third-order valence-electron chi connectivity index (χ3n) is 4.15. The smallest absolute Gasteiger partial charge is 0.254 e. The highest BCUT2D eigenvalue weighted by Gasteiger charge is 2.38. The molecule has 0 bridgehead atoms. The summed E-state index contributed by atoms with van der Waals surface area (Å²) in [6.07, 6.45) is 3.36. The predicted molar refractivity (Wildman–Crippen MR) is 69.6 cm³/mol. The number of benzene rings is 1. The van der Waals surface area contributed by atoms with Gasteiger partial charge in [0.15, 0.2) is 0 Å². The Balaban J connectivity index is 1.84. The Bertz CT molecular complexity index is 503. The summed E-state index contributed by atoms with van der Waals surface area (Å²) in [5, 5.41) is 0. The largest absolute Gasteiger partial charge is 0.374 e. The molecule has 1 heterocycles. The van der Waals surface area contributed by atoms with E-state index in [2.05, 4.69) is 0 Å². The lowest BCUT2D eigenvalue weighted by Gasteiger charge is -2.37. The first-order valence-electron chi connectivity index (χ1n) is 6.85. The molecule has 4 heteroatoms. The van der Waals surface area contributed by atoms with Gasteiger partial charge in [0.2, 0.25) is 0 Å². The van der Waals surface area contributed by atoms with Gasteiger partial charge >= 0.3 is 0 Å². The van der Waals surface area contributed by atoms with Crippen molar-refractivity contribution in [2.24, 2.45) is 0 Å². The molecule has 2 aliphatic rings. The molecule has 1 saturated carbocycles. The standard InChI is InChI=1S/C15H18FNO2/c1-10-9-11(5-6-12(10)16)15(18)17-7-8-19-14-4-2-3-13(14)17/h5-6,9,13-14H,2-4,7-8H2,1H3. The number of rotatable bonds is 1. The lowest BCUT2D eigenvalue weighted by Crippen LogP contribution is -2.51. The Labute approximate surface area is 112 Å². The van der Waals surface area contributed by atoms with Crippen molar-refractivity contribution in [2.45, 2.75) is 38.3 Å². The summed E-state index contributed by atoms with van der Waals surface area (Å²) in [7, 11) is 0. The Morgan fingerprint density at radius 3 is 3.05 bits per heavy atom. The molecule has 2 atom stereocenters. The van der Waals surface area contributed by atoms with E-state index in [9.17, 15) is 9.18 Å². The summed E-state index contributed by atoms with van der Waals surface area (Å²) in [5.41, 5.74) is 1.09. The van der Waals surface area contributed by atoms with E-state index in [0.29, 0.717) is 24.3 Å². The number of carbonyl (C=O) groups excluding carboxylic acids is 1. The zero-order chi connectivity index (χ0) is 13.4. The summed E-state index contributed by atoms with van der Waals surface area (Å²) in [4.78, 5) is 14.5. The first-order valence-corrected chi connectivity index (χ1v) is 6.85. The number of carbonyl (C=O) groups is 1. The van der Waals surface area contributed by atoms with Crippen LogP contribution in [0.1, 0.15) is 35.2 Å². The molecule has 0 radical (unpaired) electrons. The fraction of sp³-hybridized carbons (Fsp3) is 0.533. The monoisotopic (exact) mass is 263 g/mol. The van der Waals surface area contributed by atoms with Crippen LogP contribution in [-0.4, -0.2) is 36.1 Å². The maximum atomic E-state index is 13.3. The second-order valence-corrected chi connectivity index (χ2v) is 5.37. The van der Waals surface area contributed by atoms with Crippen LogP contribution in [-0.2, 0) is 4.74 Å². The average Bonchev–Trinajstić information content (AvgIpc) is 2.89. The highest BCUT2D eigenvalue weighted by molar-refractivity contribution is 5.94. The molecule has 3 nitrogen and oxygen atoms in total. The first-order chi connectivity index (χ1) is 9.16. The molecule has 1 aliphatic heterocycles. The van der Waals surface area contributed by atoms with Gasteiger partial charge in [-0.1, -0.05) is 0 Å². The average molecular weight is 263 g/mol. The van der Waals surface area contributed by atoms with Crippen molar-refractivity contribution >= 4 is 5.91 Å².